The highest BCUT2D eigenvalue weighted by atomic mass is 16.4. The van der Waals surface area contributed by atoms with Crippen LogP contribution in [0.5, 0.6) is 0 Å². The van der Waals surface area contributed by atoms with Crippen molar-refractivity contribution in [3.8, 4) is 0 Å². The standard InChI is InChI=1S/C15H26N4O2/c1-3-4-5-6-13-16-17-18-19(13)11-15(14(20)21)9-7-12(2)8-10-15/h12H,3-11H2,1-2H3,(H,20,21). The number of carboxylic acid groups (broad SMARTS) is 1. The van der Waals surface area contributed by atoms with E-state index in [0.717, 1.165) is 57.2 Å². The Morgan fingerprint density at radius 2 is 2.10 bits per heavy atom. The molecule has 2 rings (SSSR count). The summed E-state index contributed by atoms with van der Waals surface area (Å²) in [5.74, 6) is 0.738. The second-order valence-corrected chi connectivity index (χ2v) is 6.48. The van der Waals surface area contributed by atoms with E-state index >= 15 is 0 Å². The van der Waals surface area contributed by atoms with Crippen molar-refractivity contribution in [2.45, 2.75) is 71.8 Å². The number of carboxylic acids is 1. The fourth-order valence-corrected chi connectivity index (χ4v) is 3.10. The molecule has 1 aromatic rings. The lowest BCUT2D eigenvalue weighted by Crippen LogP contribution is -2.39. The first-order chi connectivity index (χ1) is 10.1. The molecule has 1 aromatic heterocycles. The summed E-state index contributed by atoms with van der Waals surface area (Å²) in [6.07, 6.45) is 7.56. The largest absolute Gasteiger partial charge is 0.481 e. The Morgan fingerprint density at radius 1 is 1.38 bits per heavy atom. The minimum atomic E-state index is -0.704. The van der Waals surface area contributed by atoms with Gasteiger partial charge in [0.05, 0.1) is 12.0 Å². The summed E-state index contributed by atoms with van der Waals surface area (Å²) in [5, 5.41) is 21.5. The Hall–Kier alpha value is -1.46. The molecule has 1 aliphatic carbocycles. The highest BCUT2D eigenvalue weighted by molar-refractivity contribution is 5.74. The van der Waals surface area contributed by atoms with Crippen LogP contribution in [0.1, 0.15) is 64.6 Å². The van der Waals surface area contributed by atoms with Gasteiger partial charge in [-0.15, -0.1) is 5.10 Å². The number of hydrogen-bond acceptors (Lipinski definition) is 4. The Kier molecular flexibility index (Phi) is 5.31. The maximum atomic E-state index is 11.8. The van der Waals surface area contributed by atoms with E-state index in [1.54, 1.807) is 4.68 Å². The van der Waals surface area contributed by atoms with E-state index in [1.165, 1.54) is 0 Å². The number of nitrogens with zero attached hydrogens (tertiary/aromatic N) is 4. The summed E-state index contributed by atoms with van der Waals surface area (Å²) in [6, 6.07) is 0. The van der Waals surface area contributed by atoms with E-state index in [0.29, 0.717) is 12.5 Å². The smallest absolute Gasteiger partial charge is 0.311 e. The number of hydrogen-bond donors (Lipinski definition) is 1. The monoisotopic (exact) mass is 294 g/mol. The molecular formula is C15H26N4O2. The average molecular weight is 294 g/mol. The highest BCUT2D eigenvalue weighted by Gasteiger charge is 2.42. The van der Waals surface area contributed by atoms with Crippen molar-refractivity contribution in [3.05, 3.63) is 5.82 Å². The average Bonchev–Trinajstić information content (AvgIpc) is 2.89. The Labute approximate surface area is 125 Å². The molecule has 21 heavy (non-hydrogen) atoms. The molecule has 1 fully saturated rings. The molecule has 1 aliphatic rings. The van der Waals surface area contributed by atoms with Gasteiger partial charge in [-0.3, -0.25) is 4.79 Å². The lowest BCUT2D eigenvalue weighted by Gasteiger charge is -2.35. The number of tetrazole rings is 1. The number of carbonyl (C=O) groups is 1. The van der Waals surface area contributed by atoms with E-state index in [2.05, 4.69) is 29.4 Å². The quantitative estimate of drug-likeness (QED) is 0.782. The van der Waals surface area contributed by atoms with Crippen molar-refractivity contribution in [2.75, 3.05) is 0 Å². The zero-order valence-corrected chi connectivity index (χ0v) is 13.1. The van der Waals surface area contributed by atoms with Gasteiger partial charge in [0, 0.05) is 6.42 Å². The third-order valence-electron chi connectivity index (χ3n) is 4.75. The molecule has 0 saturated heterocycles. The van der Waals surface area contributed by atoms with E-state index in [-0.39, 0.29) is 0 Å². The molecule has 0 unspecified atom stereocenters. The van der Waals surface area contributed by atoms with Crippen LogP contribution in [-0.2, 0) is 17.8 Å². The maximum Gasteiger partial charge on any atom is 0.311 e. The van der Waals surface area contributed by atoms with Crippen LogP contribution < -0.4 is 0 Å². The predicted octanol–water partition coefficient (Wildman–Crippen LogP) is 2.69. The Balaban J connectivity index is 2.07. The summed E-state index contributed by atoms with van der Waals surface area (Å²) in [6.45, 7) is 4.76. The number of rotatable bonds is 7. The molecule has 0 bridgehead atoms. The van der Waals surface area contributed by atoms with Crippen molar-refractivity contribution in [1.29, 1.82) is 0 Å². The molecule has 0 spiro atoms. The summed E-state index contributed by atoms with van der Waals surface area (Å²) in [7, 11) is 0. The molecule has 0 radical (unpaired) electrons. The van der Waals surface area contributed by atoms with Crippen LogP contribution in [0, 0.1) is 11.3 Å². The zero-order valence-electron chi connectivity index (χ0n) is 13.1. The van der Waals surface area contributed by atoms with E-state index in [4.69, 9.17) is 0 Å². The van der Waals surface area contributed by atoms with Crippen LogP contribution >= 0.6 is 0 Å². The topological polar surface area (TPSA) is 80.9 Å². The van der Waals surface area contributed by atoms with Crippen LogP contribution in [-0.4, -0.2) is 31.3 Å². The fraction of sp³-hybridized carbons (Fsp3) is 0.867. The van der Waals surface area contributed by atoms with Crippen LogP contribution in [0.4, 0.5) is 0 Å². The molecule has 0 atom stereocenters. The lowest BCUT2D eigenvalue weighted by molar-refractivity contribution is -0.153. The summed E-state index contributed by atoms with van der Waals surface area (Å²) in [5.41, 5.74) is -0.693. The van der Waals surface area contributed by atoms with Crippen LogP contribution in [0.3, 0.4) is 0 Å². The first kappa shape index (κ1) is 15.9. The minimum Gasteiger partial charge on any atom is -0.481 e. The van der Waals surface area contributed by atoms with Crippen LogP contribution in [0.2, 0.25) is 0 Å². The predicted molar refractivity (Wildman–Crippen MR) is 78.7 cm³/mol. The SMILES string of the molecule is CCCCCc1nnnn1CC1(C(=O)O)CCC(C)CC1. The van der Waals surface area contributed by atoms with Crippen molar-refractivity contribution >= 4 is 5.97 Å². The van der Waals surface area contributed by atoms with Gasteiger partial charge in [0.2, 0.25) is 0 Å². The fourth-order valence-electron chi connectivity index (χ4n) is 3.10. The van der Waals surface area contributed by atoms with E-state index in [1.807, 2.05) is 0 Å². The van der Waals surface area contributed by atoms with E-state index < -0.39 is 11.4 Å². The van der Waals surface area contributed by atoms with Gasteiger partial charge in [-0.1, -0.05) is 26.7 Å². The normalized spacial score (nSPS) is 25.9. The molecule has 0 amide bonds. The van der Waals surface area contributed by atoms with Crippen LogP contribution in [0.25, 0.3) is 0 Å². The molecule has 0 aromatic carbocycles. The molecule has 0 aliphatic heterocycles. The van der Waals surface area contributed by atoms with Gasteiger partial charge in [-0.25, -0.2) is 4.68 Å². The van der Waals surface area contributed by atoms with Gasteiger partial charge >= 0.3 is 5.97 Å². The van der Waals surface area contributed by atoms with Gasteiger partial charge in [0.15, 0.2) is 5.82 Å². The molecule has 1 N–H and O–H groups in total. The van der Waals surface area contributed by atoms with E-state index in [9.17, 15) is 9.90 Å². The minimum absolute atomic E-state index is 0.406. The van der Waals surface area contributed by atoms with Crippen molar-refractivity contribution in [2.24, 2.45) is 11.3 Å². The van der Waals surface area contributed by atoms with Gasteiger partial charge < -0.3 is 5.11 Å². The van der Waals surface area contributed by atoms with Gasteiger partial charge in [-0.2, -0.15) is 0 Å². The third kappa shape index (κ3) is 3.80. The maximum absolute atomic E-state index is 11.8. The first-order valence-corrected chi connectivity index (χ1v) is 8.06. The zero-order chi connectivity index (χ0) is 15.3. The van der Waals surface area contributed by atoms with Gasteiger partial charge in [0.25, 0.3) is 0 Å². The van der Waals surface area contributed by atoms with Crippen LogP contribution in [0.15, 0.2) is 0 Å². The summed E-state index contributed by atoms with van der Waals surface area (Å²) < 4.78 is 1.72. The lowest BCUT2D eigenvalue weighted by atomic mass is 9.71. The Bertz CT molecular complexity index is 464. The molecule has 1 heterocycles. The molecular weight excluding hydrogens is 268 g/mol. The second-order valence-electron chi connectivity index (χ2n) is 6.48. The highest BCUT2D eigenvalue weighted by Crippen LogP contribution is 2.40. The van der Waals surface area contributed by atoms with Crippen molar-refractivity contribution in [3.63, 3.8) is 0 Å². The second kappa shape index (κ2) is 7.00. The van der Waals surface area contributed by atoms with Crippen molar-refractivity contribution in [1.82, 2.24) is 20.2 Å². The third-order valence-corrected chi connectivity index (χ3v) is 4.75. The van der Waals surface area contributed by atoms with Crippen molar-refractivity contribution < 1.29 is 9.90 Å². The molecule has 6 heteroatoms. The first-order valence-electron chi connectivity index (χ1n) is 8.06. The Morgan fingerprint density at radius 3 is 2.71 bits per heavy atom. The summed E-state index contributed by atoms with van der Waals surface area (Å²) in [4.78, 5) is 11.8. The van der Waals surface area contributed by atoms with Gasteiger partial charge in [-0.05, 0) is 48.4 Å². The number of aromatic nitrogens is 4. The number of aryl methyl sites for hydroxylation is 1. The van der Waals surface area contributed by atoms with Gasteiger partial charge in [0.1, 0.15) is 0 Å². The molecule has 6 nitrogen and oxygen atoms in total. The number of unbranched alkanes of at least 4 members (excludes halogenated alkanes) is 2. The summed E-state index contributed by atoms with van der Waals surface area (Å²) >= 11 is 0. The molecule has 1 saturated carbocycles. The number of aliphatic carboxylic acids is 1. The molecule has 118 valence electrons.